The van der Waals surface area contributed by atoms with Gasteiger partial charge in [0.2, 0.25) is 5.91 Å². The molecule has 0 radical (unpaired) electrons. The second-order valence-corrected chi connectivity index (χ2v) is 6.07. The monoisotopic (exact) mass is 370 g/mol. The van der Waals surface area contributed by atoms with Crippen molar-refractivity contribution in [2.75, 3.05) is 26.0 Å². The van der Waals surface area contributed by atoms with Gasteiger partial charge in [-0.1, -0.05) is 12.1 Å². The lowest BCUT2D eigenvalue weighted by Gasteiger charge is -2.15. The molecule has 0 heterocycles. The molecule has 0 bridgehead atoms. The van der Waals surface area contributed by atoms with E-state index in [1.54, 1.807) is 44.4 Å². The fourth-order valence-corrected chi connectivity index (χ4v) is 2.44. The molecule has 0 aromatic heterocycles. The van der Waals surface area contributed by atoms with Gasteiger partial charge in [0.15, 0.2) is 0 Å². The molecule has 2 amide bonds. The zero-order valence-corrected chi connectivity index (χ0v) is 15.5. The first-order valence-electron chi connectivity index (χ1n) is 8.42. The summed E-state index contributed by atoms with van der Waals surface area (Å²) in [6, 6.07) is 11.0. The summed E-state index contributed by atoms with van der Waals surface area (Å²) in [6.07, 6.45) is 0.0871. The van der Waals surface area contributed by atoms with Crippen LogP contribution in [0.2, 0.25) is 0 Å². The lowest BCUT2D eigenvalue weighted by atomic mass is 10.1. The lowest BCUT2D eigenvalue weighted by molar-refractivity contribution is -0.115. The van der Waals surface area contributed by atoms with Gasteiger partial charge in [-0.2, -0.15) is 0 Å². The van der Waals surface area contributed by atoms with Crippen LogP contribution < -0.4 is 10.1 Å². The predicted molar refractivity (Wildman–Crippen MR) is 101 cm³/mol. The lowest BCUT2D eigenvalue weighted by Crippen LogP contribution is -2.22. The Labute approximate surface area is 157 Å². The molecule has 0 fully saturated rings. The van der Waals surface area contributed by atoms with Gasteiger partial charge in [-0.25, -0.2) is 4.79 Å². The number of hydrogen-bond donors (Lipinski definition) is 2. The molecule has 2 N–H and O–H groups in total. The highest BCUT2D eigenvalue weighted by Gasteiger charge is 2.14. The van der Waals surface area contributed by atoms with Crippen LogP contribution in [-0.4, -0.2) is 48.5 Å². The molecule has 0 aliphatic rings. The number of nitrogens with one attached hydrogen (secondary N) is 1. The number of benzene rings is 2. The van der Waals surface area contributed by atoms with Crippen LogP contribution in [0, 0.1) is 0 Å². The van der Waals surface area contributed by atoms with Gasteiger partial charge in [-0.15, -0.1) is 0 Å². The van der Waals surface area contributed by atoms with Crippen molar-refractivity contribution in [3.05, 3.63) is 59.2 Å². The van der Waals surface area contributed by atoms with Crippen LogP contribution in [0.25, 0.3) is 0 Å². The largest absolute Gasteiger partial charge is 0.492 e. The zero-order chi connectivity index (χ0) is 20.0. The molecule has 7 heteroatoms. The number of carboxylic acid groups (broad SMARTS) is 1. The van der Waals surface area contributed by atoms with E-state index in [1.165, 1.54) is 17.0 Å². The third-order valence-corrected chi connectivity index (χ3v) is 3.77. The third-order valence-electron chi connectivity index (χ3n) is 3.77. The number of carbonyl (C=O) groups excluding carboxylic acids is 2. The number of carboxylic acids is 1. The second kappa shape index (κ2) is 8.84. The van der Waals surface area contributed by atoms with Gasteiger partial charge in [-0.05, 0) is 42.8 Å². The number of nitrogens with zero attached hydrogens (tertiary/aromatic N) is 1. The summed E-state index contributed by atoms with van der Waals surface area (Å²) in [4.78, 5) is 36.8. The number of anilines is 1. The summed E-state index contributed by atoms with van der Waals surface area (Å²) >= 11 is 0. The van der Waals surface area contributed by atoms with Crippen LogP contribution in [0.3, 0.4) is 0 Å². The van der Waals surface area contributed by atoms with E-state index in [4.69, 9.17) is 9.84 Å². The molecule has 142 valence electrons. The topological polar surface area (TPSA) is 95.9 Å². The maximum absolute atomic E-state index is 12.3. The summed E-state index contributed by atoms with van der Waals surface area (Å²) in [5.41, 5.74) is 1.79. The highest BCUT2D eigenvalue weighted by Crippen LogP contribution is 2.26. The van der Waals surface area contributed by atoms with E-state index in [0.717, 1.165) is 0 Å². The summed E-state index contributed by atoms with van der Waals surface area (Å²) in [7, 11) is 3.32. The van der Waals surface area contributed by atoms with E-state index in [2.05, 4.69) is 5.32 Å². The fourth-order valence-electron chi connectivity index (χ4n) is 2.44. The molecule has 0 aliphatic heterocycles. The Hall–Kier alpha value is -3.35. The molecule has 0 spiro atoms. The van der Waals surface area contributed by atoms with E-state index >= 15 is 0 Å². The molecular weight excluding hydrogens is 348 g/mol. The van der Waals surface area contributed by atoms with Gasteiger partial charge in [0.05, 0.1) is 24.3 Å². The molecular formula is C20H22N2O5. The summed E-state index contributed by atoms with van der Waals surface area (Å²) in [5.74, 6) is -1.03. The summed E-state index contributed by atoms with van der Waals surface area (Å²) in [6.45, 7) is 2.20. The smallest absolute Gasteiger partial charge is 0.335 e. The third kappa shape index (κ3) is 5.31. The van der Waals surface area contributed by atoms with Gasteiger partial charge < -0.3 is 20.1 Å². The molecule has 7 nitrogen and oxygen atoms in total. The van der Waals surface area contributed by atoms with E-state index < -0.39 is 5.97 Å². The van der Waals surface area contributed by atoms with Crippen LogP contribution in [0.15, 0.2) is 42.5 Å². The van der Waals surface area contributed by atoms with Gasteiger partial charge in [-0.3, -0.25) is 9.59 Å². The minimum atomic E-state index is -1.01. The molecule has 0 saturated carbocycles. The molecule has 0 saturated heterocycles. The van der Waals surface area contributed by atoms with Crippen LogP contribution in [0.4, 0.5) is 5.69 Å². The van der Waals surface area contributed by atoms with E-state index in [0.29, 0.717) is 29.2 Å². The molecule has 27 heavy (non-hydrogen) atoms. The van der Waals surface area contributed by atoms with Crippen molar-refractivity contribution in [3.63, 3.8) is 0 Å². The van der Waals surface area contributed by atoms with Crippen molar-refractivity contribution < 1.29 is 24.2 Å². The Bertz CT molecular complexity index is 844. The Morgan fingerprint density at radius 1 is 1.04 bits per heavy atom. The Kier molecular flexibility index (Phi) is 6.54. The van der Waals surface area contributed by atoms with Crippen LogP contribution in [0.5, 0.6) is 5.75 Å². The number of carbonyl (C=O) groups is 3. The minimum Gasteiger partial charge on any atom is -0.492 e. The average Bonchev–Trinajstić information content (AvgIpc) is 2.63. The van der Waals surface area contributed by atoms with E-state index in [-0.39, 0.29) is 23.8 Å². The highest BCUT2D eigenvalue weighted by atomic mass is 16.5. The van der Waals surface area contributed by atoms with Crippen molar-refractivity contribution in [2.45, 2.75) is 13.3 Å². The maximum atomic E-state index is 12.3. The van der Waals surface area contributed by atoms with Crippen molar-refractivity contribution in [3.8, 4) is 5.75 Å². The van der Waals surface area contributed by atoms with E-state index in [1.807, 2.05) is 6.92 Å². The molecule has 0 aliphatic carbocycles. The highest BCUT2D eigenvalue weighted by molar-refractivity contribution is 5.97. The number of amides is 2. The van der Waals surface area contributed by atoms with Crippen molar-refractivity contribution in [1.29, 1.82) is 0 Å². The van der Waals surface area contributed by atoms with Crippen LogP contribution in [-0.2, 0) is 11.2 Å². The normalized spacial score (nSPS) is 10.2. The predicted octanol–water partition coefficient (Wildman–Crippen LogP) is 2.67. The fraction of sp³-hybridized carbons (Fsp3) is 0.250. The standard InChI is InChI=1S/C20H22N2O5/c1-4-27-17-12-15(19(24)22(2)3)9-10-16(17)21-18(23)11-13-5-7-14(8-6-13)20(25)26/h5-10,12H,4,11H2,1-3H3,(H,21,23)(H,25,26). The number of ether oxygens (including phenoxy) is 1. The van der Waals surface area contributed by atoms with Gasteiger partial charge in [0.1, 0.15) is 5.75 Å². The Morgan fingerprint density at radius 3 is 2.22 bits per heavy atom. The van der Waals surface area contributed by atoms with Gasteiger partial charge >= 0.3 is 5.97 Å². The molecule has 2 aromatic carbocycles. The van der Waals surface area contributed by atoms with Crippen LogP contribution in [0.1, 0.15) is 33.2 Å². The van der Waals surface area contributed by atoms with Gasteiger partial charge in [0, 0.05) is 19.7 Å². The molecule has 0 unspecified atom stereocenters. The number of hydrogen-bond acceptors (Lipinski definition) is 4. The van der Waals surface area contributed by atoms with Crippen molar-refractivity contribution in [1.82, 2.24) is 4.90 Å². The van der Waals surface area contributed by atoms with Gasteiger partial charge in [0.25, 0.3) is 5.91 Å². The Morgan fingerprint density at radius 2 is 1.67 bits per heavy atom. The number of aromatic carboxylic acids is 1. The quantitative estimate of drug-likeness (QED) is 0.781. The molecule has 0 atom stereocenters. The first-order valence-corrected chi connectivity index (χ1v) is 8.42. The van der Waals surface area contributed by atoms with E-state index in [9.17, 15) is 14.4 Å². The second-order valence-electron chi connectivity index (χ2n) is 6.07. The zero-order valence-electron chi connectivity index (χ0n) is 15.5. The first-order chi connectivity index (χ1) is 12.8. The molecule has 2 aromatic rings. The molecule has 2 rings (SSSR count). The SMILES string of the molecule is CCOc1cc(C(=O)N(C)C)ccc1NC(=O)Cc1ccc(C(=O)O)cc1. The maximum Gasteiger partial charge on any atom is 0.335 e. The number of rotatable bonds is 7. The van der Waals surface area contributed by atoms with Crippen molar-refractivity contribution >= 4 is 23.5 Å². The Balaban J connectivity index is 2.13. The minimum absolute atomic E-state index is 0.0871. The summed E-state index contributed by atoms with van der Waals surface area (Å²) in [5, 5.41) is 11.7. The first kappa shape index (κ1) is 20.0. The van der Waals surface area contributed by atoms with Crippen LogP contribution >= 0.6 is 0 Å². The average molecular weight is 370 g/mol. The summed E-state index contributed by atoms with van der Waals surface area (Å²) < 4.78 is 5.55. The van der Waals surface area contributed by atoms with Crippen molar-refractivity contribution in [2.24, 2.45) is 0 Å².